The van der Waals surface area contributed by atoms with Crippen LogP contribution in [0, 0.1) is 0 Å². The Morgan fingerprint density at radius 1 is 1.00 bits per heavy atom. The Labute approximate surface area is 136 Å². The smallest absolute Gasteiger partial charge is 0.122 e. The van der Waals surface area contributed by atoms with Crippen LogP contribution < -0.4 is 9.47 Å². The Hall–Kier alpha value is -1.00. The first-order valence-electron chi connectivity index (χ1n) is 6.24. The molecule has 2 nitrogen and oxygen atoms in total. The molecule has 0 aromatic heterocycles. The molecule has 4 heteroatoms. The fourth-order valence-electron chi connectivity index (χ4n) is 2.00. The fourth-order valence-corrected chi connectivity index (χ4v) is 3.08. The molecule has 2 aromatic rings. The highest BCUT2D eigenvalue weighted by atomic mass is 79.9. The van der Waals surface area contributed by atoms with E-state index in [0.29, 0.717) is 0 Å². The van der Waals surface area contributed by atoms with Crippen LogP contribution in [0.4, 0.5) is 0 Å². The van der Waals surface area contributed by atoms with Crippen LogP contribution in [0.2, 0.25) is 0 Å². The van der Waals surface area contributed by atoms with Crippen molar-refractivity contribution in [2.75, 3.05) is 14.2 Å². The molecule has 106 valence electrons. The first kappa shape index (κ1) is 15.4. The standard InChI is InChI=1S/C16H16Br2O2/c1-19-14-8-12(9-15(10-14)20-2)16(18)7-11-4-3-5-13(17)6-11/h3-6,8-10,16H,7H2,1-2H3. The third kappa shape index (κ3) is 4.00. The van der Waals surface area contributed by atoms with Gasteiger partial charge in [-0.05, 0) is 41.8 Å². The van der Waals surface area contributed by atoms with Crippen molar-refractivity contribution in [3.05, 3.63) is 58.1 Å². The van der Waals surface area contributed by atoms with Gasteiger partial charge in [0.1, 0.15) is 11.5 Å². The predicted molar refractivity (Wildman–Crippen MR) is 89.1 cm³/mol. The summed E-state index contributed by atoms with van der Waals surface area (Å²) in [4.78, 5) is 0.209. The summed E-state index contributed by atoms with van der Waals surface area (Å²) in [6.07, 6.45) is 0.899. The zero-order valence-electron chi connectivity index (χ0n) is 11.4. The monoisotopic (exact) mass is 398 g/mol. The minimum Gasteiger partial charge on any atom is -0.497 e. The summed E-state index contributed by atoms with van der Waals surface area (Å²) in [6, 6.07) is 14.3. The number of hydrogen-bond acceptors (Lipinski definition) is 2. The summed E-state index contributed by atoms with van der Waals surface area (Å²) in [5.41, 5.74) is 2.41. The van der Waals surface area contributed by atoms with Gasteiger partial charge in [0.15, 0.2) is 0 Å². The number of ether oxygens (including phenoxy) is 2. The van der Waals surface area contributed by atoms with Gasteiger partial charge in [-0.3, -0.25) is 0 Å². The molecule has 0 aliphatic heterocycles. The molecule has 0 aliphatic carbocycles. The maximum Gasteiger partial charge on any atom is 0.122 e. The Morgan fingerprint density at radius 3 is 2.20 bits per heavy atom. The molecule has 0 radical (unpaired) electrons. The van der Waals surface area contributed by atoms with Gasteiger partial charge < -0.3 is 9.47 Å². The molecule has 2 rings (SSSR count). The minimum absolute atomic E-state index is 0.209. The van der Waals surface area contributed by atoms with Gasteiger partial charge in [-0.25, -0.2) is 0 Å². The number of halogens is 2. The molecule has 0 amide bonds. The predicted octanol–water partition coefficient (Wildman–Crippen LogP) is 5.15. The van der Waals surface area contributed by atoms with E-state index in [1.54, 1.807) is 14.2 Å². The first-order chi connectivity index (χ1) is 9.62. The highest BCUT2D eigenvalue weighted by Crippen LogP contribution is 2.33. The van der Waals surface area contributed by atoms with Crippen LogP contribution in [0.1, 0.15) is 16.0 Å². The highest BCUT2D eigenvalue weighted by Gasteiger charge is 2.12. The summed E-state index contributed by atoms with van der Waals surface area (Å²) in [5, 5.41) is 0. The summed E-state index contributed by atoms with van der Waals surface area (Å²) in [6.45, 7) is 0. The highest BCUT2D eigenvalue weighted by molar-refractivity contribution is 9.10. The molecular formula is C16H16Br2O2. The molecule has 0 N–H and O–H groups in total. The van der Waals surface area contributed by atoms with Gasteiger partial charge >= 0.3 is 0 Å². The summed E-state index contributed by atoms with van der Waals surface area (Å²) < 4.78 is 11.7. The lowest BCUT2D eigenvalue weighted by molar-refractivity contribution is 0.393. The normalized spacial score (nSPS) is 12.0. The van der Waals surface area contributed by atoms with Crippen LogP contribution in [-0.4, -0.2) is 14.2 Å². The molecule has 20 heavy (non-hydrogen) atoms. The molecule has 0 saturated heterocycles. The number of hydrogen-bond donors (Lipinski definition) is 0. The molecule has 1 atom stereocenters. The molecule has 0 saturated carbocycles. The van der Waals surface area contributed by atoms with Gasteiger partial charge in [0, 0.05) is 15.4 Å². The van der Waals surface area contributed by atoms with Crippen molar-refractivity contribution in [3.63, 3.8) is 0 Å². The second-order valence-electron chi connectivity index (χ2n) is 4.45. The maximum atomic E-state index is 5.31. The Kier molecular flexibility index (Phi) is 5.49. The lowest BCUT2D eigenvalue weighted by atomic mass is 10.0. The molecule has 0 spiro atoms. The lowest BCUT2D eigenvalue weighted by Gasteiger charge is -2.14. The van der Waals surface area contributed by atoms with Crippen LogP contribution in [0.5, 0.6) is 11.5 Å². The molecule has 0 aliphatic rings. The zero-order valence-corrected chi connectivity index (χ0v) is 14.6. The van der Waals surface area contributed by atoms with Crippen molar-refractivity contribution < 1.29 is 9.47 Å². The zero-order chi connectivity index (χ0) is 14.5. The average molecular weight is 400 g/mol. The van der Waals surface area contributed by atoms with Crippen molar-refractivity contribution in [2.45, 2.75) is 11.2 Å². The van der Waals surface area contributed by atoms with Gasteiger partial charge in [0.25, 0.3) is 0 Å². The lowest BCUT2D eigenvalue weighted by Crippen LogP contribution is -1.97. The van der Waals surface area contributed by atoms with Gasteiger partial charge in [-0.1, -0.05) is 44.0 Å². The molecule has 1 unspecified atom stereocenters. The van der Waals surface area contributed by atoms with Crippen LogP contribution in [0.3, 0.4) is 0 Å². The summed E-state index contributed by atoms with van der Waals surface area (Å²) >= 11 is 7.25. The third-order valence-electron chi connectivity index (χ3n) is 3.04. The number of rotatable bonds is 5. The van der Waals surface area contributed by atoms with Crippen molar-refractivity contribution in [2.24, 2.45) is 0 Å². The van der Waals surface area contributed by atoms with E-state index in [2.05, 4.69) is 44.0 Å². The van der Waals surface area contributed by atoms with Crippen molar-refractivity contribution in [1.29, 1.82) is 0 Å². The third-order valence-corrected chi connectivity index (χ3v) is 4.39. The molecule has 2 aromatic carbocycles. The Morgan fingerprint density at radius 2 is 1.65 bits per heavy atom. The van der Waals surface area contributed by atoms with E-state index in [1.165, 1.54) is 5.56 Å². The van der Waals surface area contributed by atoms with E-state index >= 15 is 0 Å². The van der Waals surface area contributed by atoms with E-state index in [-0.39, 0.29) is 4.83 Å². The van der Waals surface area contributed by atoms with Gasteiger partial charge in [-0.15, -0.1) is 0 Å². The van der Waals surface area contributed by atoms with Crippen LogP contribution >= 0.6 is 31.9 Å². The second-order valence-corrected chi connectivity index (χ2v) is 6.47. The largest absolute Gasteiger partial charge is 0.497 e. The average Bonchev–Trinajstić information content (AvgIpc) is 2.46. The van der Waals surface area contributed by atoms with Gasteiger partial charge in [0.05, 0.1) is 14.2 Å². The molecular weight excluding hydrogens is 384 g/mol. The number of methoxy groups -OCH3 is 2. The number of benzene rings is 2. The van der Waals surface area contributed by atoms with Crippen molar-refractivity contribution >= 4 is 31.9 Å². The topological polar surface area (TPSA) is 18.5 Å². The number of alkyl halides is 1. The van der Waals surface area contributed by atoms with E-state index in [4.69, 9.17) is 9.47 Å². The fraction of sp³-hybridized carbons (Fsp3) is 0.250. The van der Waals surface area contributed by atoms with E-state index in [9.17, 15) is 0 Å². The Balaban J connectivity index is 2.22. The van der Waals surface area contributed by atoms with E-state index < -0.39 is 0 Å². The van der Waals surface area contributed by atoms with Crippen LogP contribution in [-0.2, 0) is 6.42 Å². The SMILES string of the molecule is COc1cc(OC)cc(C(Br)Cc2cccc(Br)c2)c1. The molecule has 0 heterocycles. The van der Waals surface area contributed by atoms with Crippen molar-refractivity contribution in [3.8, 4) is 11.5 Å². The molecule has 0 bridgehead atoms. The summed E-state index contributed by atoms with van der Waals surface area (Å²) in [7, 11) is 3.33. The summed E-state index contributed by atoms with van der Waals surface area (Å²) in [5.74, 6) is 1.61. The Bertz CT molecular complexity index is 562. The van der Waals surface area contributed by atoms with Crippen molar-refractivity contribution in [1.82, 2.24) is 0 Å². The van der Waals surface area contributed by atoms with E-state index in [1.807, 2.05) is 30.3 Å². The molecule has 0 fully saturated rings. The van der Waals surface area contributed by atoms with E-state index in [0.717, 1.165) is 28.0 Å². The minimum atomic E-state index is 0.209. The quantitative estimate of drug-likeness (QED) is 0.647. The second kappa shape index (κ2) is 7.14. The first-order valence-corrected chi connectivity index (χ1v) is 7.94. The van der Waals surface area contributed by atoms with Gasteiger partial charge in [-0.2, -0.15) is 0 Å². The maximum absolute atomic E-state index is 5.31. The van der Waals surface area contributed by atoms with Crippen LogP contribution in [0.15, 0.2) is 46.9 Å². The van der Waals surface area contributed by atoms with Gasteiger partial charge in [0.2, 0.25) is 0 Å². The van der Waals surface area contributed by atoms with Crippen LogP contribution in [0.25, 0.3) is 0 Å².